The third kappa shape index (κ3) is 4.79. The topological polar surface area (TPSA) is 22.8 Å². The molecule has 9 aromatic carbocycles. The van der Waals surface area contributed by atoms with Crippen LogP contribution in [0.3, 0.4) is 0 Å². The molecule has 0 bridgehead atoms. The lowest BCUT2D eigenvalue weighted by Crippen LogP contribution is -1.97. The summed E-state index contributed by atoms with van der Waals surface area (Å²) < 4.78 is 4.74. The third-order valence-corrected chi connectivity index (χ3v) is 10.9. The summed E-state index contributed by atoms with van der Waals surface area (Å²) in [6.45, 7) is 0. The Hall–Kier alpha value is -7.23. The zero-order chi connectivity index (χ0) is 35.6. The molecular formula is C51H33N3. The lowest BCUT2D eigenvalue weighted by Gasteiger charge is -2.14. The van der Waals surface area contributed by atoms with Gasteiger partial charge in [-0.05, 0) is 98.8 Å². The van der Waals surface area contributed by atoms with Gasteiger partial charge in [0.15, 0.2) is 0 Å². The van der Waals surface area contributed by atoms with Gasteiger partial charge in [-0.2, -0.15) is 0 Å². The van der Waals surface area contributed by atoms with E-state index >= 15 is 0 Å². The van der Waals surface area contributed by atoms with Crippen molar-refractivity contribution in [2.75, 3.05) is 0 Å². The van der Waals surface area contributed by atoms with Crippen LogP contribution in [0, 0.1) is 0 Å². The number of benzene rings is 9. The highest BCUT2D eigenvalue weighted by atomic mass is 15.1. The van der Waals surface area contributed by atoms with Gasteiger partial charge in [-0.1, -0.05) is 146 Å². The predicted molar refractivity (Wildman–Crippen MR) is 226 cm³/mol. The molecule has 0 atom stereocenters. The molecule has 0 saturated heterocycles. The zero-order valence-electron chi connectivity index (χ0n) is 29.4. The highest BCUT2D eigenvalue weighted by molar-refractivity contribution is 6.26. The number of hydrogen-bond acceptors (Lipinski definition) is 1. The van der Waals surface area contributed by atoms with Gasteiger partial charge in [-0.3, -0.25) is 4.57 Å². The summed E-state index contributed by atoms with van der Waals surface area (Å²) in [5.41, 5.74) is 15.0. The molecular weight excluding hydrogens is 655 g/mol. The lowest BCUT2D eigenvalue weighted by molar-refractivity contribution is 1.10. The molecule has 3 heteroatoms. The van der Waals surface area contributed by atoms with Crippen LogP contribution in [-0.2, 0) is 0 Å². The van der Waals surface area contributed by atoms with Crippen LogP contribution in [0.4, 0.5) is 0 Å². The number of nitrogens with zero attached hydrogens (tertiary/aromatic N) is 3. The molecule has 0 spiro atoms. The Morgan fingerprint density at radius 1 is 0.333 bits per heavy atom. The average Bonchev–Trinajstić information content (AvgIpc) is 3.81. The maximum Gasteiger partial charge on any atom is 0.145 e. The van der Waals surface area contributed by atoms with Crippen molar-refractivity contribution in [2.24, 2.45) is 0 Å². The van der Waals surface area contributed by atoms with Crippen molar-refractivity contribution in [3.63, 3.8) is 0 Å². The molecule has 252 valence electrons. The van der Waals surface area contributed by atoms with Crippen molar-refractivity contribution in [2.45, 2.75) is 0 Å². The van der Waals surface area contributed by atoms with E-state index in [-0.39, 0.29) is 0 Å². The summed E-state index contributed by atoms with van der Waals surface area (Å²) in [4.78, 5) is 5.06. The second-order valence-electron chi connectivity index (χ2n) is 14.0. The Morgan fingerprint density at radius 2 is 0.944 bits per heavy atom. The van der Waals surface area contributed by atoms with Gasteiger partial charge in [0.05, 0.1) is 22.1 Å². The molecule has 0 amide bonds. The molecule has 0 aliphatic carbocycles. The van der Waals surface area contributed by atoms with Crippen LogP contribution in [0.25, 0.3) is 99.8 Å². The molecule has 0 saturated carbocycles. The molecule has 3 nitrogen and oxygen atoms in total. The van der Waals surface area contributed by atoms with Gasteiger partial charge in [0.1, 0.15) is 5.82 Å². The van der Waals surface area contributed by atoms with Gasteiger partial charge < -0.3 is 4.57 Å². The van der Waals surface area contributed by atoms with Crippen LogP contribution in [0.1, 0.15) is 0 Å². The molecule has 2 aromatic heterocycles. The van der Waals surface area contributed by atoms with E-state index < -0.39 is 0 Å². The molecule has 11 aromatic rings. The van der Waals surface area contributed by atoms with E-state index in [1.165, 1.54) is 66.0 Å². The van der Waals surface area contributed by atoms with Gasteiger partial charge in [-0.25, -0.2) is 4.98 Å². The smallest absolute Gasteiger partial charge is 0.145 e. The maximum atomic E-state index is 5.06. The minimum atomic E-state index is 0.941. The standard InChI is InChI=1S/C51H33N3/c1-4-13-34(14-5-1)39-31-40(35-15-6-2-7-16-35)33-42(32-39)53-47-22-12-19-37-25-28-44-43(29-30-48(53)50(44)49(37)47)36-23-26-41(27-24-36)54-46-21-11-10-20-45(46)52-51(54)38-17-8-3-9-18-38/h1-33H. The Balaban J connectivity index is 1.09. The molecule has 0 unspecified atom stereocenters. The second kappa shape index (κ2) is 12.2. The number of imidazole rings is 1. The van der Waals surface area contributed by atoms with E-state index in [0.717, 1.165) is 33.8 Å². The quantitative estimate of drug-likeness (QED) is 0.160. The van der Waals surface area contributed by atoms with Gasteiger partial charge >= 0.3 is 0 Å². The molecule has 0 aliphatic rings. The highest BCUT2D eigenvalue weighted by Crippen LogP contribution is 2.44. The molecule has 0 radical (unpaired) electrons. The number of hydrogen-bond donors (Lipinski definition) is 0. The minimum Gasteiger partial charge on any atom is -0.309 e. The first-order valence-corrected chi connectivity index (χ1v) is 18.5. The molecule has 0 aliphatic heterocycles. The van der Waals surface area contributed by atoms with Crippen molar-refractivity contribution < 1.29 is 0 Å². The van der Waals surface area contributed by atoms with E-state index in [1.54, 1.807) is 0 Å². The number of para-hydroxylation sites is 2. The summed E-state index contributed by atoms with van der Waals surface area (Å²) in [7, 11) is 0. The van der Waals surface area contributed by atoms with Crippen LogP contribution >= 0.6 is 0 Å². The fourth-order valence-corrected chi connectivity index (χ4v) is 8.41. The summed E-state index contributed by atoms with van der Waals surface area (Å²) in [6, 6.07) is 72.1. The largest absolute Gasteiger partial charge is 0.309 e. The molecule has 0 fully saturated rings. The van der Waals surface area contributed by atoms with Crippen molar-refractivity contribution in [1.82, 2.24) is 14.1 Å². The van der Waals surface area contributed by atoms with Crippen molar-refractivity contribution in [3.8, 4) is 56.1 Å². The van der Waals surface area contributed by atoms with Crippen molar-refractivity contribution in [3.05, 3.63) is 200 Å². The van der Waals surface area contributed by atoms with Gasteiger partial charge in [0.25, 0.3) is 0 Å². The van der Waals surface area contributed by atoms with E-state index in [1.807, 2.05) is 6.07 Å². The minimum absolute atomic E-state index is 0.941. The molecule has 0 N–H and O–H groups in total. The maximum absolute atomic E-state index is 5.06. The van der Waals surface area contributed by atoms with Crippen LogP contribution in [-0.4, -0.2) is 14.1 Å². The first kappa shape index (κ1) is 30.4. The fraction of sp³-hybridized carbons (Fsp3) is 0. The summed E-state index contributed by atoms with van der Waals surface area (Å²) in [5, 5.41) is 5.10. The average molecular weight is 688 g/mol. The fourth-order valence-electron chi connectivity index (χ4n) is 8.41. The summed E-state index contributed by atoms with van der Waals surface area (Å²) in [6.07, 6.45) is 0. The summed E-state index contributed by atoms with van der Waals surface area (Å²) in [5.74, 6) is 0.941. The van der Waals surface area contributed by atoms with E-state index in [2.05, 4.69) is 203 Å². The van der Waals surface area contributed by atoms with Gasteiger partial charge in [0.2, 0.25) is 0 Å². The Kier molecular flexibility index (Phi) is 6.86. The van der Waals surface area contributed by atoms with E-state index in [0.29, 0.717) is 0 Å². The van der Waals surface area contributed by atoms with Crippen molar-refractivity contribution in [1.29, 1.82) is 0 Å². The molecule has 54 heavy (non-hydrogen) atoms. The lowest BCUT2D eigenvalue weighted by atomic mass is 9.94. The SMILES string of the molecule is c1ccc(-c2cc(-c3ccccc3)cc(-n3c4cccc5ccc6c(-c7ccc(-n8c(-c9ccccc9)nc9ccccc98)cc7)ccc3c6c54)c2)cc1. The predicted octanol–water partition coefficient (Wildman–Crippen LogP) is 13.4. The monoisotopic (exact) mass is 687 g/mol. The second-order valence-corrected chi connectivity index (χ2v) is 14.0. The molecule has 2 heterocycles. The van der Waals surface area contributed by atoms with Crippen LogP contribution in [0.5, 0.6) is 0 Å². The third-order valence-electron chi connectivity index (χ3n) is 10.9. The highest BCUT2D eigenvalue weighted by Gasteiger charge is 2.20. The Bertz CT molecular complexity index is 3060. The van der Waals surface area contributed by atoms with Gasteiger partial charge in [0, 0.05) is 27.7 Å². The Morgan fingerprint density at radius 3 is 1.65 bits per heavy atom. The Labute approximate surface area is 313 Å². The first-order chi connectivity index (χ1) is 26.8. The van der Waals surface area contributed by atoms with Crippen LogP contribution in [0.15, 0.2) is 200 Å². The first-order valence-electron chi connectivity index (χ1n) is 18.5. The van der Waals surface area contributed by atoms with Gasteiger partial charge in [-0.15, -0.1) is 0 Å². The summed E-state index contributed by atoms with van der Waals surface area (Å²) >= 11 is 0. The van der Waals surface area contributed by atoms with Crippen LogP contribution < -0.4 is 0 Å². The number of rotatable bonds is 6. The zero-order valence-corrected chi connectivity index (χ0v) is 29.4. The normalized spacial score (nSPS) is 11.7. The van der Waals surface area contributed by atoms with E-state index in [4.69, 9.17) is 4.98 Å². The van der Waals surface area contributed by atoms with Crippen LogP contribution in [0.2, 0.25) is 0 Å². The van der Waals surface area contributed by atoms with E-state index in [9.17, 15) is 0 Å². The number of fused-ring (bicyclic) bond motifs is 1. The molecule has 11 rings (SSSR count). The van der Waals surface area contributed by atoms with Crippen molar-refractivity contribution >= 4 is 43.6 Å². The number of aromatic nitrogens is 3.